The predicted molar refractivity (Wildman–Crippen MR) is 122 cm³/mol. The molecule has 31 heavy (non-hydrogen) atoms. The van der Waals surface area contributed by atoms with Gasteiger partial charge in [0.25, 0.3) is 0 Å². The van der Waals surface area contributed by atoms with Gasteiger partial charge in [-0.3, -0.25) is 0 Å². The summed E-state index contributed by atoms with van der Waals surface area (Å²) in [7, 11) is 1.67. The molecule has 0 saturated carbocycles. The van der Waals surface area contributed by atoms with Gasteiger partial charge in [-0.1, -0.05) is 18.2 Å². The smallest absolute Gasteiger partial charge is 0.119 e. The van der Waals surface area contributed by atoms with Crippen molar-refractivity contribution in [3.63, 3.8) is 0 Å². The maximum absolute atomic E-state index is 9.14. The summed E-state index contributed by atoms with van der Waals surface area (Å²) in [6, 6.07) is 32.0. The van der Waals surface area contributed by atoms with Gasteiger partial charge in [0.2, 0.25) is 0 Å². The molecule has 0 atom stereocenters. The van der Waals surface area contributed by atoms with Gasteiger partial charge in [0, 0.05) is 16.5 Å². The third-order valence-corrected chi connectivity index (χ3v) is 5.57. The standard InChI is InChI=1S/C27H17N3O/c1-31-23-11-13-27-25(15-23)24-14-21(20-6-2-18(16-28)3-7-20)8-12-26(24)30(27)22-9-4-19(17-29)5-10-22/h2-15H,1H3. The maximum atomic E-state index is 9.14. The van der Waals surface area contributed by atoms with E-state index in [1.54, 1.807) is 7.11 Å². The van der Waals surface area contributed by atoms with E-state index in [0.29, 0.717) is 11.1 Å². The third-order valence-electron chi connectivity index (χ3n) is 5.57. The number of benzene rings is 4. The van der Waals surface area contributed by atoms with Crippen LogP contribution in [0, 0.1) is 22.7 Å². The van der Waals surface area contributed by atoms with Gasteiger partial charge in [0.05, 0.1) is 41.4 Å². The molecule has 0 N–H and O–H groups in total. The Hall–Kier alpha value is -4.54. The van der Waals surface area contributed by atoms with Gasteiger partial charge in [-0.05, 0) is 77.9 Å². The average Bonchev–Trinajstić information content (AvgIpc) is 3.17. The second-order valence-corrected chi connectivity index (χ2v) is 7.30. The summed E-state index contributed by atoms with van der Waals surface area (Å²) in [4.78, 5) is 0. The molecule has 0 saturated heterocycles. The van der Waals surface area contributed by atoms with Crippen LogP contribution in [0.1, 0.15) is 11.1 Å². The Morgan fingerprint density at radius 2 is 1.19 bits per heavy atom. The number of hydrogen-bond donors (Lipinski definition) is 0. The SMILES string of the molecule is COc1ccc2c(c1)c1cc(-c3ccc(C#N)cc3)ccc1n2-c1ccc(C#N)cc1. The lowest BCUT2D eigenvalue weighted by atomic mass is 10.0. The van der Waals surface area contributed by atoms with E-state index in [2.05, 4.69) is 47.0 Å². The molecule has 0 amide bonds. The van der Waals surface area contributed by atoms with E-state index in [-0.39, 0.29) is 0 Å². The molecular weight excluding hydrogens is 382 g/mol. The molecule has 0 spiro atoms. The predicted octanol–water partition coefficient (Wildman–Crippen LogP) is 6.20. The van der Waals surface area contributed by atoms with Crippen LogP contribution in [0.25, 0.3) is 38.6 Å². The largest absolute Gasteiger partial charge is 0.497 e. The summed E-state index contributed by atoms with van der Waals surface area (Å²) in [6.07, 6.45) is 0. The summed E-state index contributed by atoms with van der Waals surface area (Å²) >= 11 is 0. The van der Waals surface area contributed by atoms with Crippen molar-refractivity contribution in [2.75, 3.05) is 7.11 Å². The Balaban J connectivity index is 1.78. The molecule has 0 aliphatic rings. The first-order valence-electron chi connectivity index (χ1n) is 9.85. The average molecular weight is 399 g/mol. The number of rotatable bonds is 3. The first kappa shape index (κ1) is 18.5. The lowest BCUT2D eigenvalue weighted by Gasteiger charge is -2.08. The minimum absolute atomic E-state index is 0.634. The zero-order chi connectivity index (χ0) is 21.4. The van der Waals surface area contributed by atoms with Crippen molar-refractivity contribution in [2.24, 2.45) is 0 Å². The second kappa shape index (κ2) is 7.37. The highest BCUT2D eigenvalue weighted by atomic mass is 16.5. The van der Waals surface area contributed by atoms with Crippen LogP contribution < -0.4 is 4.74 Å². The quantitative estimate of drug-likeness (QED) is 0.363. The van der Waals surface area contributed by atoms with E-state index < -0.39 is 0 Å². The summed E-state index contributed by atoms with van der Waals surface area (Å²) in [6.45, 7) is 0. The van der Waals surface area contributed by atoms with Crippen LogP contribution in [-0.4, -0.2) is 11.7 Å². The molecule has 1 heterocycles. The van der Waals surface area contributed by atoms with E-state index in [1.807, 2.05) is 54.6 Å². The van der Waals surface area contributed by atoms with Crippen molar-refractivity contribution in [1.82, 2.24) is 4.57 Å². The zero-order valence-corrected chi connectivity index (χ0v) is 16.8. The molecule has 0 aliphatic carbocycles. The molecule has 0 bridgehead atoms. The Morgan fingerprint density at radius 1 is 0.645 bits per heavy atom. The number of hydrogen-bond acceptors (Lipinski definition) is 3. The Kier molecular flexibility index (Phi) is 4.40. The monoisotopic (exact) mass is 399 g/mol. The Morgan fingerprint density at radius 3 is 1.81 bits per heavy atom. The summed E-state index contributed by atoms with van der Waals surface area (Å²) in [5.74, 6) is 0.801. The van der Waals surface area contributed by atoms with Crippen molar-refractivity contribution in [2.45, 2.75) is 0 Å². The molecule has 0 radical (unpaired) electrons. The molecule has 0 aliphatic heterocycles. The van der Waals surface area contributed by atoms with Crippen molar-refractivity contribution in [3.8, 4) is 34.7 Å². The lowest BCUT2D eigenvalue weighted by molar-refractivity contribution is 0.415. The van der Waals surface area contributed by atoms with E-state index in [1.165, 1.54) is 0 Å². The van der Waals surface area contributed by atoms with Crippen LogP contribution in [0.15, 0.2) is 84.9 Å². The lowest BCUT2D eigenvalue weighted by Crippen LogP contribution is -1.94. The van der Waals surface area contributed by atoms with E-state index >= 15 is 0 Å². The fourth-order valence-electron chi connectivity index (χ4n) is 4.01. The zero-order valence-electron chi connectivity index (χ0n) is 16.8. The first-order valence-corrected chi connectivity index (χ1v) is 9.85. The van der Waals surface area contributed by atoms with Gasteiger partial charge in [0.1, 0.15) is 5.75 Å². The van der Waals surface area contributed by atoms with Crippen LogP contribution >= 0.6 is 0 Å². The van der Waals surface area contributed by atoms with Crippen molar-refractivity contribution >= 4 is 21.8 Å². The number of nitriles is 2. The Labute approximate surface area is 179 Å². The molecule has 0 fully saturated rings. The second-order valence-electron chi connectivity index (χ2n) is 7.30. The summed E-state index contributed by atoms with van der Waals surface area (Å²) in [5.41, 5.74) is 6.56. The molecule has 1 aromatic heterocycles. The van der Waals surface area contributed by atoms with E-state index in [4.69, 9.17) is 15.3 Å². The van der Waals surface area contributed by atoms with Gasteiger partial charge in [-0.15, -0.1) is 0 Å². The summed E-state index contributed by atoms with van der Waals surface area (Å²) in [5, 5.41) is 20.4. The summed E-state index contributed by atoms with van der Waals surface area (Å²) < 4.78 is 7.68. The van der Waals surface area contributed by atoms with Gasteiger partial charge < -0.3 is 9.30 Å². The molecule has 146 valence electrons. The van der Waals surface area contributed by atoms with Gasteiger partial charge in [0.15, 0.2) is 0 Å². The molecule has 0 unspecified atom stereocenters. The van der Waals surface area contributed by atoms with Crippen LogP contribution in [0.3, 0.4) is 0 Å². The van der Waals surface area contributed by atoms with Crippen LogP contribution in [0.4, 0.5) is 0 Å². The minimum Gasteiger partial charge on any atom is -0.497 e. The minimum atomic E-state index is 0.634. The highest BCUT2D eigenvalue weighted by Gasteiger charge is 2.14. The van der Waals surface area contributed by atoms with Gasteiger partial charge in [-0.2, -0.15) is 10.5 Å². The number of fused-ring (bicyclic) bond motifs is 3. The number of methoxy groups -OCH3 is 1. The number of ether oxygens (including phenoxy) is 1. The van der Waals surface area contributed by atoms with Gasteiger partial charge >= 0.3 is 0 Å². The van der Waals surface area contributed by atoms with Crippen molar-refractivity contribution < 1.29 is 4.74 Å². The third kappa shape index (κ3) is 3.08. The molecule has 5 aromatic rings. The Bertz CT molecular complexity index is 1510. The normalized spacial score (nSPS) is 10.7. The van der Waals surface area contributed by atoms with Crippen LogP contribution in [0.5, 0.6) is 5.75 Å². The molecule has 4 aromatic carbocycles. The number of nitrogens with zero attached hydrogens (tertiary/aromatic N) is 3. The van der Waals surface area contributed by atoms with Crippen molar-refractivity contribution in [1.29, 1.82) is 10.5 Å². The number of aromatic nitrogens is 1. The highest BCUT2D eigenvalue weighted by molar-refractivity contribution is 6.11. The fourth-order valence-corrected chi connectivity index (χ4v) is 4.01. The van der Waals surface area contributed by atoms with Crippen molar-refractivity contribution in [3.05, 3.63) is 96.1 Å². The molecule has 4 heteroatoms. The first-order chi connectivity index (χ1) is 15.2. The fraction of sp³-hybridized carbons (Fsp3) is 0.0370. The molecular formula is C27H17N3O. The molecule has 4 nitrogen and oxygen atoms in total. The molecule has 5 rings (SSSR count). The van der Waals surface area contributed by atoms with E-state index in [9.17, 15) is 0 Å². The van der Waals surface area contributed by atoms with Crippen LogP contribution in [-0.2, 0) is 0 Å². The maximum Gasteiger partial charge on any atom is 0.119 e. The topological polar surface area (TPSA) is 61.7 Å². The van der Waals surface area contributed by atoms with Gasteiger partial charge in [-0.25, -0.2) is 0 Å². The van der Waals surface area contributed by atoms with E-state index in [0.717, 1.165) is 44.4 Å². The van der Waals surface area contributed by atoms with Crippen LogP contribution in [0.2, 0.25) is 0 Å². The highest BCUT2D eigenvalue weighted by Crippen LogP contribution is 2.36.